The predicted octanol–water partition coefficient (Wildman–Crippen LogP) is 0.671. The number of hydrogen-bond donors (Lipinski definition) is 3. The van der Waals surface area contributed by atoms with Crippen LogP contribution in [0.3, 0.4) is 0 Å². The standard InChI is InChI=1S/C12H14ClNO5/c13-8-2-1-3-9(6-8)19-5-4-11(16)14-10(7-15)12(17)18/h1-3,6,10,15H,4-5,7H2,(H,14,16)(H,17,18)/t10-/m1/s1. The van der Waals surface area contributed by atoms with Crippen LogP contribution in [0.15, 0.2) is 24.3 Å². The Hall–Kier alpha value is -1.79. The lowest BCUT2D eigenvalue weighted by Gasteiger charge is -2.12. The van der Waals surface area contributed by atoms with E-state index in [-0.39, 0.29) is 13.0 Å². The van der Waals surface area contributed by atoms with Crippen LogP contribution in [0.25, 0.3) is 0 Å². The van der Waals surface area contributed by atoms with Crippen molar-refractivity contribution in [1.82, 2.24) is 5.32 Å². The average Bonchev–Trinajstić information content (AvgIpc) is 2.35. The number of carboxylic acid groups (broad SMARTS) is 1. The highest BCUT2D eigenvalue weighted by Crippen LogP contribution is 2.17. The van der Waals surface area contributed by atoms with E-state index in [1.807, 2.05) is 0 Å². The number of aliphatic hydroxyl groups excluding tert-OH is 1. The van der Waals surface area contributed by atoms with Gasteiger partial charge in [-0.15, -0.1) is 0 Å². The van der Waals surface area contributed by atoms with Crippen LogP contribution < -0.4 is 10.1 Å². The molecule has 0 bridgehead atoms. The van der Waals surface area contributed by atoms with Crippen molar-refractivity contribution in [3.63, 3.8) is 0 Å². The SMILES string of the molecule is O=C(CCOc1cccc(Cl)c1)N[C@H](CO)C(=O)O. The number of aliphatic carboxylic acids is 1. The summed E-state index contributed by atoms with van der Waals surface area (Å²) in [6.07, 6.45) is -0.0176. The third-order valence-corrected chi connectivity index (χ3v) is 2.44. The van der Waals surface area contributed by atoms with Crippen LogP contribution >= 0.6 is 11.6 Å². The van der Waals surface area contributed by atoms with Gasteiger partial charge in [0.15, 0.2) is 0 Å². The molecule has 3 N–H and O–H groups in total. The summed E-state index contributed by atoms with van der Waals surface area (Å²) in [7, 11) is 0. The average molecular weight is 288 g/mol. The molecule has 0 aliphatic rings. The van der Waals surface area contributed by atoms with E-state index in [4.69, 9.17) is 26.6 Å². The first-order valence-electron chi connectivity index (χ1n) is 5.54. The quantitative estimate of drug-likeness (QED) is 0.685. The molecule has 0 saturated carbocycles. The third kappa shape index (κ3) is 5.58. The molecule has 1 rings (SSSR count). The number of amides is 1. The summed E-state index contributed by atoms with van der Waals surface area (Å²) >= 11 is 5.76. The highest BCUT2D eigenvalue weighted by atomic mass is 35.5. The molecule has 0 aromatic heterocycles. The lowest BCUT2D eigenvalue weighted by molar-refractivity contribution is -0.143. The van der Waals surface area contributed by atoms with Crippen molar-refractivity contribution in [3.05, 3.63) is 29.3 Å². The molecule has 1 amide bonds. The van der Waals surface area contributed by atoms with Gasteiger partial charge in [-0.25, -0.2) is 4.79 Å². The number of aliphatic hydroxyl groups is 1. The van der Waals surface area contributed by atoms with Gasteiger partial charge >= 0.3 is 5.97 Å². The number of rotatable bonds is 7. The summed E-state index contributed by atoms with van der Waals surface area (Å²) in [5.41, 5.74) is 0. The van der Waals surface area contributed by atoms with Gasteiger partial charge in [-0.05, 0) is 18.2 Å². The lowest BCUT2D eigenvalue weighted by atomic mass is 10.3. The fourth-order valence-electron chi connectivity index (χ4n) is 1.27. The number of carbonyl (C=O) groups is 2. The molecule has 7 heteroatoms. The summed E-state index contributed by atoms with van der Waals surface area (Å²) < 4.78 is 5.28. The highest BCUT2D eigenvalue weighted by Gasteiger charge is 2.18. The smallest absolute Gasteiger partial charge is 0.328 e. The summed E-state index contributed by atoms with van der Waals surface area (Å²) in [5, 5.41) is 20.1. The Morgan fingerprint density at radius 3 is 2.74 bits per heavy atom. The van der Waals surface area contributed by atoms with Crippen molar-refractivity contribution in [2.24, 2.45) is 0 Å². The van der Waals surface area contributed by atoms with E-state index < -0.39 is 24.5 Å². The van der Waals surface area contributed by atoms with Crippen molar-refractivity contribution in [2.75, 3.05) is 13.2 Å². The second kappa shape index (κ2) is 7.60. The molecule has 6 nitrogen and oxygen atoms in total. The van der Waals surface area contributed by atoms with Crippen LogP contribution in [0, 0.1) is 0 Å². The van der Waals surface area contributed by atoms with E-state index in [1.165, 1.54) is 0 Å². The number of hydrogen-bond acceptors (Lipinski definition) is 4. The molecular weight excluding hydrogens is 274 g/mol. The summed E-state index contributed by atoms with van der Waals surface area (Å²) in [6.45, 7) is -0.569. The molecule has 0 unspecified atom stereocenters. The first-order valence-corrected chi connectivity index (χ1v) is 5.92. The number of ether oxygens (including phenoxy) is 1. The molecule has 1 atom stereocenters. The molecule has 0 heterocycles. The summed E-state index contributed by atoms with van der Waals surface area (Å²) in [6, 6.07) is 5.41. The van der Waals surface area contributed by atoms with Crippen molar-refractivity contribution < 1.29 is 24.5 Å². The van der Waals surface area contributed by atoms with Crippen molar-refractivity contribution in [2.45, 2.75) is 12.5 Å². The minimum atomic E-state index is -1.29. The van der Waals surface area contributed by atoms with Gasteiger partial charge in [-0.3, -0.25) is 4.79 Å². The van der Waals surface area contributed by atoms with Crippen LogP contribution in [-0.4, -0.2) is 41.3 Å². The van der Waals surface area contributed by atoms with E-state index in [0.717, 1.165) is 0 Å². The van der Waals surface area contributed by atoms with Crippen LogP contribution in [0.1, 0.15) is 6.42 Å². The molecule has 0 spiro atoms. The Labute approximate surface area is 114 Å². The van der Waals surface area contributed by atoms with E-state index >= 15 is 0 Å². The van der Waals surface area contributed by atoms with E-state index in [0.29, 0.717) is 10.8 Å². The van der Waals surface area contributed by atoms with Gasteiger partial charge in [0.05, 0.1) is 19.6 Å². The molecule has 0 radical (unpaired) electrons. The van der Waals surface area contributed by atoms with Gasteiger partial charge in [-0.1, -0.05) is 17.7 Å². The second-order valence-electron chi connectivity index (χ2n) is 3.70. The first-order chi connectivity index (χ1) is 9.02. The zero-order valence-electron chi connectivity index (χ0n) is 10.0. The molecule has 19 heavy (non-hydrogen) atoms. The molecule has 104 valence electrons. The monoisotopic (exact) mass is 287 g/mol. The summed E-state index contributed by atoms with van der Waals surface area (Å²) in [4.78, 5) is 22.0. The molecule has 1 aromatic rings. The number of carboxylic acids is 1. The van der Waals surface area contributed by atoms with Crippen molar-refractivity contribution in [1.29, 1.82) is 0 Å². The van der Waals surface area contributed by atoms with Crippen LogP contribution in [0.5, 0.6) is 5.75 Å². The van der Waals surface area contributed by atoms with Gasteiger partial charge in [0, 0.05) is 5.02 Å². The van der Waals surface area contributed by atoms with E-state index in [9.17, 15) is 9.59 Å². The molecule has 1 aromatic carbocycles. The maximum Gasteiger partial charge on any atom is 0.328 e. The fourth-order valence-corrected chi connectivity index (χ4v) is 1.45. The normalized spacial score (nSPS) is 11.7. The van der Waals surface area contributed by atoms with E-state index in [2.05, 4.69) is 5.32 Å². The molecule has 0 aliphatic carbocycles. The Morgan fingerprint density at radius 1 is 1.42 bits per heavy atom. The number of nitrogens with one attached hydrogen (secondary N) is 1. The Morgan fingerprint density at radius 2 is 2.16 bits per heavy atom. The lowest BCUT2D eigenvalue weighted by Crippen LogP contribution is -2.43. The van der Waals surface area contributed by atoms with Gasteiger partial charge in [0.2, 0.25) is 5.91 Å². The fraction of sp³-hybridized carbons (Fsp3) is 0.333. The Bertz CT molecular complexity index is 452. The highest BCUT2D eigenvalue weighted by molar-refractivity contribution is 6.30. The van der Waals surface area contributed by atoms with E-state index in [1.54, 1.807) is 24.3 Å². The maximum atomic E-state index is 11.4. The summed E-state index contributed by atoms with van der Waals surface area (Å²) in [5.74, 6) is -1.27. The van der Waals surface area contributed by atoms with Gasteiger partial charge < -0.3 is 20.3 Å². The molecule has 0 aliphatic heterocycles. The third-order valence-electron chi connectivity index (χ3n) is 2.21. The Kier molecular flexibility index (Phi) is 6.11. The number of halogens is 1. The number of benzene rings is 1. The van der Waals surface area contributed by atoms with Crippen LogP contribution in [0.2, 0.25) is 5.02 Å². The molecular formula is C12H14ClNO5. The minimum absolute atomic E-state index is 0.0176. The topological polar surface area (TPSA) is 95.9 Å². The van der Waals surface area contributed by atoms with Gasteiger partial charge in [-0.2, -0.15) is 0 Å². The number of carbonyl (C=O) groups excluding carboxylic acids is 1. The molecule has 0 saturated heterocycles. The zero-order valence-corrected chi connectivity index (χ0v) is 10.8. The van der Waals surface area contributed by atoms with Gasteiger partial charge in [0.1, 0.15) is 11.8 Å². The zero-order chi connectivity index (χ0) is 14.3. The van der Waals surface area contributed by atoms with Crippen LogP contribution in [0.4, 0.5) is 0 Å². The first kappa shape index (κ1) is 15.3. The van der Waals surface area contributed by atoms with Crippen LogP contribution in [-0.2, 0) is 9.59 Å². The van der Waals surface area contributed by atoms with Gasteiger partial charge in [0.25, 0.3) is 0 Å². The van der Waals surface area contributed by atoms with Crippen molar-refractivity contribution >= 4 is 23.5 Å². The predicted molar refractivity (Wildman–Crippen MR) is 68.2 cm³/mol. The van der Waals surface area contributed by atoms with Crippen molar-refractivity contribution in [3.8, 4) is 5.75 Å². The maximum absolute atomic E-state index is 11.4. The largest absolute Gasteiger partial charge is 0.493 e. The Balaban J connectivity index is 2.33. The minimum Gasteiger partial charge on any atom is -0.493 e. The molecule has 0 fully saturated rings. The second-order valence-corrected chi connectivity index (χ2v) is 4.13.